The zero-order chi connectivity index (χ0) is 17.2. The van der Waals surface area contributed by atoms with Gasteiger partial charge in [0.1, 0.15) is 6.61 Å². The number of ether oxygens (including phenoxy) is 1. The predicted octanol–water partition coefficient (Wildman–Crippen LogP) is 4.29. The van der Waals surface area contributed by atoms with Crippen molar-refractivity contribution in [3.63, 3.8) is 0 Å². The first kappa shape index (κ1) is 18.5. The molecule has 1 aliphatic rings. The van der Waals surface area contributed by atoms with Crippen molar-refractivity contribution in [3.8, 4) is 0 Å². The van der Waals surface area contributed by atoms with E-state index >= 15 is 0 Å². The van der Waals surface area contributed by atoms with Gasteiger partial charge in [-0.15, -0.1) is 0 Å². The zero-order valence-electron chi connectivity index (χ0n) is 14.6. The highest BCUT2D eigenvalue weighted by Crippen LogP contribution is 2.22. The highest BCUT2D eigenvalue weighted by Gasteiger charge is 2.28. The Balaban J connectivity index is 1.77. The average Bonchev–Trinajstić information content (AvgIpc) is 3.07. The van der Waals surface area contributed by atoms with Crippen molar-refractivity contribution in [1.29, 1.82) is 0 Å². The lowest BCUT2D eigenvalue weighted by atomic mass is 10.1. The van der Waals surface area contributed by atoms with E-state index in [1.54, 1.807) is 0 Å². The molecule has 1 aromatic carbocycles. The normalized spacial score (nSPS) is 18.9. The number of amides is 1. The molecule has 1 aliphatic heterocycles. The van der Waals surface area contributed by atoms with Gasteiger partial charge in [-0.2, -0.15) is 0 Å². The topological polar surface area (TPSA) is 49.8 Å². The second kappa shape index (κ2) is 10.1. The van der Waals surface area contributed by atoms with Gasteiger partial charge in [-0.1, -0.05) is 62.2 Å². The number of likely N-dealkylation sites (tertiary alicyclic amines) is 1. The number of carbonyl (C=O) groups is 1. The molecule has 1 amide bonds. The zero-order valence-corrected chi connectivity index (χ0v) is 14.6. The van der Waals surface area contributed by atoms with Gasteiger partial charge in [0.05, 0.1) is 6.10 Å². The molecule has 0 aliphatic carbocycles. The van der Waals surface area contributed by atoms with Gasteiger partial charge in [0, 0.05) is 12.6 Å². The van der Waals surface area contributed by atoms with E-state index in [1.807, 2.05) is 47.4 Å². The van der Waals surface area contributed by atoms with Crippen molar-refractivity contribution in [1.82, 2.24) is 4.90 Å². The Labute approximate surface area is 145 Å². The summed E-state index contributed by atoms with van der Waals surface area (Å²) >= 11 is 0. The molecular formula is C20H29NO3. The van der Waals surface area contributed by atoms with E-state index in [0.29, 0.717) is 6.61 Å². The van der Waals surface area contributed by atoms with Crippen LogP contribution in [0.3, 0.4) is 0 Å². The summed E-state index contributed by atoms with van der Waals surface area (Å²) in [5.74, 6) is 0. The van der Waals surface area contributed by atoms with Crippen LogP contribution in [0.2, 0.25) is 0 Å². The third-order valence-corrected chi connectivity index (χ3v) is 4.44. The first-order valence-corrected chi connectivity index (χ1v) is 9.02. The van der Waals surface area contributed by atoms with Crippen LogP contribution >= 0.6 is 0 Å². The molecular weight excluding hydrogens is 302 g/mol. The molecule has 4 heteroatoms. The van der Waals surface area contributed by atoms with E-state index in [9.17, 15) is 9.90 Å². The number of carbonyl (C=O) groups excluding carboxylic acids is 1. The molecule has 0 radical (unpaired) electrons. The lowest BCUT2D eigenvalue weighted by Gasteiger charge is -2.23. The first-order chi connectivity index (χ1) is 11.7. The minimum atomic E-state index is -0.371. The summed E-state index contributed by atoms with van der Waals surface area (Å²) in [5, 5.41) is 9.85. The summed E-state index contributed by atoms with van der Waals surface area (Å²) in [6.07, 6.45) is 8.99. The highest BCUT2D eigenvalue weighted by atomic mass is 16.6. The van der Waals surface area contributed by atoms with Crippen LogP contribution in [-0.4, -0.2) is 34.8 Å². The molecule has 24 heavy (non-hydrogen) atoms. The van der Waals surface area contributed by atoms with Crippen molar-refractivity contribution < 1.29 is 14.6 Å². The minimum Gasteiger partial charge on any atom is -0.445 e. The van der Waals surface area contributed by atoms with E-state index < -0.39 is 0 Å². The Kier molecular flexibility index (Phi) is 7.83. The Bertz CT molecular complexity index is 515. The second-order valence-corrected chi connectivity index (χ2v) is 6.40. The fourth-order valence-corrected chi connectivity index (χ4v) is 3.03. The van der Waals surface area contributed by atoms with Gasteiger partial charge in [-0.05, 0) is 31.2 Å². The monoisotopic (exact) mass is 331 g/mol. The predicted molar refractivity (Wildman–Crippen MR) is 95.6 cm³/mol. The molecule has 0 bridgehead atoms. The lowest BCUT2D eigenvalue weighted by Crippen LogP contribution is -2.35. The second-order valence-electron chi connectivity index (χ2n) is 6.40. The van der Waals surface area contributed by atoms with Crippen LogP contribution in [-0.2, 0) is 11.3 Å². The van der Waals surface area contributed by atoms with Gasteiger partial charge in [0.15, 0.2) is 0 Å². The van der Waals surface area contributed by atoms with Gasteiger partial charge in [0.25, 0.3) is 0 Å². The van der Waals surface area contributed by atoms with Gasteiger partial charge < -0.3 is 14.7 Å². The number of unbranched alkanes of at least 4 members (excludes halogenated alkanes) is 1. The van der Waals surface area contributed by atoms with Crippen LogP contribution in [0, 0.1) is 0 Å². The van der Waals surface area contributed by atoms with Gasteiger partial charge >= 0.3 is 6.09 Å². The molecule has 1 saturated heterocycles. The molecule has 1 heterocycles. The molecule has 2 unspecified atom stereocenters. The molecule has 2 atom stereocenters. The highest BCUT2D eigenvalue weighted by molar-refractivity contribution is 5.68. The summed E-state index contributed by atoms with van der Waals surface area (Å²) in [5.41, 5.74) is 1.00. The molecule has 132 valence electrons. The summed E-state index contributed by atoms with van der Waals surface area (Å²) in [4.78, 5) is 14.1. The minimum absolute atomic E-state index is 0.183. The van der Waals surface area contributed by atoms with Crippen molar-refractivity contribution in [2.75, 3.05) is 6.54 Å². The molecule has 4 nitrogen and oxygen atoms in total. The van der Waals surface area contributed by atoms with Crippen LogP contribution in [0.4, 0.5) is 4.79 Å². The molecule has 0 aromatic heterocycles. The van der Waals surface area contributed by atoms with E-state index in [0.717, 1.165) is 50.6 Å². The molecule has 2 rings (SSSR count). The number of rotatable bonds is 8. The van der Waals surface area contributed by atoms with E-state index in [1.165, 1.54) is 0 Å². The molecule has 1 fully saturated rings. The number of nitrogens with zero attached hydrogens (tertiary/aromatic N) is 1. The van der Waals surface area contributed by atoms with Crippen LogP contribution in [0.25, 0.3) is 0 Å². The van der Waals surface area contributed by atoms with Crippen LogP contribution in [0.5, 0.6) is 0 Å². The maximum absolute atomic E-state index is 12.3. The van der Waals surface area contributed by atoms with Crippen molar-refractivity contribution >= 4 is 6.09 Å². The van der Waals surface area contributed by atoms with Crippen molar-refractivity contribution in [2.24, 2.45) is 0 Å². The average molecular weight is 331 g/mol. The maximum Gasteiger partial charge on any atom is 0.410 e. The molecule has 0 saturated carbocycles. The standard InChI is InChI=1S/C20H29NO3/c1-2-3-13-19(22)14-7-11-18-12-8-15-21(18)20(23)24-16-17-9-5-4-6-10-17/h4-7,9-10,14,18-19,22H,2-3,8,11-13,15-16H2,1H3/b14-7+. The lowest BCUT2D eigenvalue weighted by molar-refractivity contribution is 0.0924. The van der Waals surface area contributed by atoms with Crippen LogP contribution in [0.1, 0.15) is 51.0 Å². The van der Waals surface area contributed by atoms with Gasteiger partial charge in [-0.25, -0.2) is 4.79 Å². The number of hydrogen-bond donors (Lipinski definition) is 1. The Morgan fingerprint density at radius 2 is 2.21 bits per heavy atom. The number of hydrogen-bond acceptors (Lipinski definition) is 3. The van der Waals surface area contributed by atoms with Gasteiger partial charge in [0.2, 0.25) is 0 Å². The van der Waals surface area contributed by atoms with E-state index in [2.05, 4.69) is 6.92 Å². The molecule has 1 aromatic rings. The first-order valence-electron chi connectivity index (χ1n) is 9.02. The van der Waals surface area contributed by atoms with E-state index in [4.69, 9.17) is 4.74 Å². The van der Waals surface area contributed by atoms with Crippen molar-refractivity contribution in [2.45, 2.75) is 64.2 Å². The summed E-state index contributed by atoms with van der Waals surface area (Å²) < 4.78 is 5.44. The number of aliphatic hydroxyl groups excluding tert-OH is 1. The Morgan fingerprint density at radius 3 is 2.96 bits per heavy atom. The molecule has 0 spiro atoms. The number of benzene rings is 1. The fourth-order valence-electron chi connectivity index (χ4n) is 3.03. The summed E-state index contributed by atoms with van der Waals surface area (Å²) in [6.45, 7) is 3.19. The molecule has 1 N–H and O–H groups in total. The van der Waals surface area contributed by atoms with Crippen LogP contribution in [0.15, 0.2) is 42.5 Å². The quantitative estimate of drug-likeness (QED) is 0.723. The van der Waals surface area contributed by atoms with Crippen LogP contribution < -0.4 is 0 Å². The SMILES string of the molecule is CCCCC(O)/C=C/CC1CCCN1C(=O)OCc1ccccc1. The summed E-state index contributed by atoms with van der Waals surface area (Å²) in [6, 6.07) is 9.92. The Morgan fingerprint density at radius 1 is 1.42 bits per heavy atom. The number of aliphatic hydroxyl groups is 1. The fraction of sp³-hybridized carbons (Fsp3) is 0.550. The summed E-state index contributed by atoms with van der Waals surface area (Å²) in [7, 11) is 0. The van der Waals surface area contributed by atoms with Gasteiger partial charge in [-0.3, -0.25) is 0 Å². The smallest absolute Gasteiger partial charge is 0.410 e. The van der Waals surface area contributed by atoms with E-state index in [-0.39, 0.29) is 18.2 Å². The third kappa shape index (κ3) is 6.00. The maximum atomic E-state index is 12.3. The third-order valence-electron chi connectivity index (χ3n) is 4.44. The van der Waals surface area contributed by atoms with Crippen molar-refractivity contribution in [3.05, 3.63) is 48.0 Å². The largest absolute Gasteiger partial charge is 0.445 e. The Hall–Kier alpha value is -1.81.